The van der Waals surface area contributed by atoms with Crippen LogP contribution in [0.4, 0.5) is 5.69 Å². The highest BCUT2D eigenvalue weighted by Crippen LogP contribution is 2.49. The Morgan fingerprint density at radius 3 is 2.12 bits per heavy atom. The summed E-state index contributed by atoms with van der Waals surface area (Å²) in [6.45, 7) is 0.159. The number of carbonyl (C=O) groups excluding carboxylic acids is 3. The summed E-state index contributed by atoms with van der Waals surface area (Å²) in [6.07, 6.45) is 6.29. The second kappa shape index (κ2) is 6.41. The second-order valence-corrected chi connectivity index (χ2v) is 7.89. The predicted octanol–water partition coefficient (Wildman–Crippen LogP) is 2.97. The molecule has 1 aromatic rings. The van der Waals surface area contributed by atoms with Crippen molar-refractivity contribution in [2.45, 2.75) is 19.3 Å². The van der Waals surface area contributed by atoms with Crippen molar-refractivity contribution in [2.75, 3.05) is 11.9 Å². The quantitative estimate of drug-likeness (QED) is 0.621. The molecule has 5 rings (SSSR count). The number of allylic oxidation sites excluding steroid dienone is 2. The van der Waals surface area contributed by atoms with Gasteiger partial charge in [0.2, 0.25) is 17.7 Å². The average Bonchev–Trinajstić information content (AvgIpc) is 2.89. The second-order valence-electron chi connectivity index (χ2n) is 6.97. The third-order valence-corrected chi connectivity index (χ3v) is 6.07. The van der Waals surface area contributed by atoms with Gasteiger partial charge in [-0.3, -0.25) is 19.3 Å². The molecule has 2 bridgehead atoms. The third-order valence-electron chi connectivity index (χ3n) is 5.54. The van der Waals surface area contributed by atoms with Crippen LogP contribution < -0.4 is 5.32 Å². The molecular weight excluding hydrogens is 384 g/mol. The van der Waals surface area contributed by atoms with Crippen LogP contribution in [0.15, 0.2) is 40.9 Å². The first-order valence-corrected chi connectivity index (χ1v) is 9.43. The molecular formula is C19H19BrN2O3. The fourth-order valence-corrected chi connectivity index (χ4v) is 4.59. The number of fused-ring (bicyclic) bond motifs is 1. The molecule has 1 aliphatic heterocycles. The van der Waals surface area contributed by atoms with Gasteiger partial charge in [0.15, 0.2) is 0 Å². The smallest absolute Gasteiger partial charge is 0.233 e. The van der Waals surface area contributed by atoms with E-state index < -0.39 is 0 Å². The normalized spacial score (nSPS) is 29.9. The Morgan fingerprint density at radius 1 is 1.04 bits per heavy atom. The fourth-order valence-electron chi connectivity index (χ4n) is 4.33. The first-order valence-electron chi connectivity index (χ1n) is 8.63. The minimum atomic E-state index is -0.203. The fraction of sp³-hybridized carbons (Fsp3) is 0.421. The summed E-state index contributed by atoms with van der Waals surface area (Å²) >= 11 is 3.35. The van der Waals surface area contributed by atoms with Crippen molar-refractivity contribution < 1.29 is 14.4 Å². The van der Waals surface area contributed by atoms with Gasteiger partial charge in [0, 0.05) is 23.1 Å². The summed E-state index contributed by atoms with van der Waals surface area (Å²) < 4.78 is 0.935. The highest BCUT2D eigenvalue weighted by molar-refractivity contribution is 9.10. The van der Waals surface area contributed by atoms with Crippen LogP contribution in [0, 0.1) is 23.7 Å². The Bertz CT molecular complexity index is 726. The van der Waals surface area contributed by atoms with Crippen molar-refractivity contribution in [3.63, 3.8) is 0 Å². The molecule has 0 spiro atoms. The molecule has 1 aromatic carbocycles. The zero-order valence-electron chi connectivity index (χ0n) is 13.7. The molecule has 0 radical (unpaired) electrons. The van der Waals surface area contributed by atoms with Crippen LogP contribution in [-0.2, 0) is 14.4 Å². The number of nitrogens with zero attached hydrogens (tertiary/aromatic N) is 1. The van der Waals surface area contributed by atoms with Crippen molar-refractivity contribution >= 4 is 39.3 Å². The number of hydrogen-bond acceptors (Lipinski definition) is 3. The Balaban J connectivity index is 1.38. The zero-order valence-corrected chi connectivity index (χ0v) is 15.2. The lowest BCUT2D eigenvalue weighted by Gasteiger charge is -2.38. The lowest BCUT2D eigenvalue weighted by molar-refractivity contribution is -0.140. The van der Waals surface area contributed by atoms with Crippen molar-refractivity contribution in [3.8, 4) is 0 Å². The van der Waals surface area contributed by atoms with Crippen LogP contribution >= 0.6 is 15.9 Å². The summed E-state index contributed by atoms with van der Waals surface area (Å²) in [7, 11) is 0. The SMILES string of the molecule is O=C(CCN1C(=O)C2C3C=CC(CC3)C2C1=O)Nc1ccc(Br)cc1. The molecule has 4 atom stereocenters. The van der Waals surface area contributed by atoms with E-state index >= 15 is 0 Å². The lowest BCUT2D eigenvalue weighted by Crippen LogP contribution is -2.38. The Morgan fingerprint density at radius 2 is 1.60 bits per heavy atom. The van der Waals surface area contributed by atoms with Crippen LogP contribution in [0.25, 0.3) is 0 Å². The van der Waals surface area contributed by atoms with Gasteiger partial charge in [0.25, 0.3) is 0 Å². The number of benzene rings is 1. The summed E-state index contributed by atoms with van der Waals surface area (Å²) in [6, 6.07) is 7.28. The van der Waals surface area contributed by atoms with E-state index in [2.05, 4.69) is 33.4 Å². The van der Waals surface area contributed by atoms with Crippen LogP contribution in [-0.4, -0.2) is 29.2 Å². The molecule has 3 aliphatic carbocycles. The number of rotatable bonds is 4. The maximum absolute atomic E-state index is 12.7. The molecule has 25 heavy (non-hydrogen) atoms. The van der Waals surface area contributed by atoms with Crippen LogP contribution in [0.2, 0.25) is 0 Å². The number of carbonyl (C=O) groups is 3. The average molecular weight is 403 g/mol. The van der Waals surface area contributed by atoms with E-state index in [4.69, 9.17) is 0 Å². The number of hydrogen-bond donors (Lipinski definition) is 1. The van der Waals surface area contributed by atoms with Gasteiger partial charge in [0.05, 0.1) is 11.8 Å². The van der Waals surface area contributed by atoms with Gasteiger partial charge in [-0.05, 0) is 48.9 Å². The van der Waals surface area contributed by atoms with Crippen molar-refractivity contribution in [1.82, 2.24) is 4.90 Å². The lowest BCUT2D eigenvalue weighted by atomic mass is 9.63. The molecule has 2 fully saturated rings. The number of nitrogens with one attached hydrogen (secondary N) is 1. The number of anilines is 1. The maximum Gasteiger partial charge on any atom is 0.233 e. The third kappa shape index (κ3) is 2.92. The molecule has 130 valence electrons. The molecule has 0 aromatic heterocycles. The Kier molecular flexibility index (Phi) is 4.23. The molecule has 5 nitrogen and oxygen atoms in total. The zero-order chi connectivity index (χ0) is 17.6. The van der Waals surface area contributed by atoms with E-state index in [1.165, 1.54) is 4.90 Å². The molecule has 6 heteroatoms. The molecule has 1 saturated heterocycles. The van der Waals surface area contributed by atoms with E-state index in [-0.39, 0.29) is 54.4 Å². The molecule has 4 unspecified atom stereocenters. The Hall–Kier alpha value is -1.95. The van der Waals surface area contributed by atoms with Gasteiger partial charge >= 0.3 is 0 Å². The largest absolute Gasteiger partial charge is 0.326 e. The first-order chi connectivity index (χ1) is 12.0. The summed E-state index contributed by atoms with van der Waals surface area (Å²) in [5.41, 5.74) is 0.697. The summed E-state index contributed by atoms with van der Waals surface area (Å²) in [4.78, 5) is 38.8. The molecule has 3 amide bonds. The van der Waals surface area contributed by atoms with Crippen molar-refractivity contribution in [1.29, 1.82) is 0 Å². The minimum Gasteiger partial charge on any atom is -0.326 e. The summed E-state index contributed by atoms with van der Waals surface area (Å²) in [5.74, 6) is -0.410. The van der Waals surface area contributed by atoms with Gasteiger partial charge in [0.1, 0.15) is 0 Å². The van der Waals surface area contributed by atoms with E-state index in [1.807, 2.05) is 12.1 Å². The van der Waals surface area contributed by atoms with E-state index in [1.54, 1.807) is 12.1 Å². The minimum absolute atomic E-state index is 0.0921. The summed E-state index contributed by atoms with van der Waals surface area (Å²) in [5, 5.41) is 2.79. The number of halogens is 1. The van der Waals surface area contributed by atoms with E-state index in [0.717, 1.165) is 17.3 Å². The number of amides is 3. The monoisotopic (exact) mass is 402 g/mol. The van der Waals surface area contributed by atoms with Gasteiger partial charge < -0.3 is 5.32 Å². The molecule has 1 N–H and O–H groups in total. The first kappa shape index (κ1) is 16.5. The predicted molar refractivity (Wildman–Crippen MR) is 96.4 cm³/mol. The molecule has 1 heterocycles. The van der Waals surface area contributed by atoms with Gasteiger partial charge in [-0.15, -0.1) is 0 Å². The van der Waals surface area contributed by atoms with Crippen molar-refractivity contribution in [3.05, 3.63) is 40.9 Å². The number of imide groups is 1. The topological polar surface area (TPSA) is 66.5 Å². The van der Waals surface area contributed by atoms with Crippen molar-refractivity contribution in [2.24, 2.45) is 23.7 Å². The Labute approximate surface area is 154 Å². The molecule has 4 aliphatic rings. The van der Waals surface area contributed by atoms with Crippen LogP contribution in [0.5, 0.6) is 0 Å². The van der Waals surface area contributed by atoms with Gasteiger partial charge in [-0.1, -0.05) is 28.1 Å². The highest BCUT2D eigenvalue weighted by Gasteiger charge is 2.56. The van der Waals surface area contributed by atoms with Crippen LogP contribution in [0.3, 0.4) is 0 Å². The highest BCUT2D eigenvalue weighted by atomic mass is 79.9. The standard InChI is InChI=1S/C19H19BrN2O3/c20-13-5-7-14(8-6-13)21-15(23)9-10-22-18(24)16-11-1-2-12(4-3-11)17(16)19(22)25/h1-2,5-8,11-12,16-17H,3-4,9-10H2,(H,21,23). The molecule has 1 saturated carbocycles. The maximum atomic E-state index is 12.7. The van der Waals surface area contributed by atoms with Crippen LogP contribution in [0.1, 0.15) is 19.3 Å². The number of likely N-dealkylation sites (tertiary alicyclic amines) is 1. The van der Waals surface area contributed by atoms with Gasteiger partial charge in [-0.25, -0.2) is 0 Å². The van der Waals surface area contributed by atoms with E-state index in [0.29, 0.717) is 5.69 Å². The van der Waals surface area contributed by atoms with Gasteiger partial charge in [-0.2, -0.15) is 0 Å². The van der Waals surface area contributed by atoms with E-state index in [9.17, 15) is 14.4 Å².